The molecule has 0 radical (unpaired) electrons. The van der Waals surface area contributed by atoms with Crippen molar-refractivity contribution < 1.29 is 18.7 Å². The van der Waals surface area contributed by atoms with Crippen molar-refractivity contribution in [3.63, 3.8) is 0 Å². The minimum absolute atomic E-state index is 0.179. The highest BCUT2D eigenvalue weighted by molar-refractivity contribution is 6.14. The Labute approximate surface area is 126 Å². The van der Waals surface area contributed by atoms with E-state index in [0.717, 1.165) is 5.76 Å². The van der Waals surface area contributed by atoms with E-state index >= 15 is 0 Å². The number of rotatable bonds is 3. The molecule has 1 atom stereocenters. The van der Waals surface area contributed by atoms with Crippen LogP contribution in [0.1, 0.15) is 18.4 Å². The van der Waals surface area contributed by atoms with E-state index in [0.29, 0.717) is 17.3 Å². The zero-order valence-electron chi connectivity index (χ0n) is 12.2. The summed E-state index contributed by atoms with van der Waals surface area (Å²) in [4.78, 5) is 28.5. The molecule has 0 fully saturated rings. The zero-order valence-corrected chi connectivity index (χ0v) is 12.2. The van der Waals surface area contributed by atoms with Crippen molar-refractivity contribution in [2.24, 2.45) is 0 Å². The Morgan fingerprint density at radius 1 is 1.41 bits per heavy atom. The van der Waals surface area contributed by atoms with Crippen LogP contribution in [0.15, 0.2) is 34.9 Å². The third-order valence-corrected chi connectivity index (χ3v) is 3.40. The Kier molecular flexibility index (Phi) is 3.32. The summed E-state index contributed by atoms with van der Waals surface area (Å²) in [6.45, 7) is 3.41. The van der Waals surface area contributed by atoms with Gasteiger partial charge in [0, 0.05) is 6.20 Å². The number of carbonyl (C=O) groups excluding carboxylic acids is 2. The zero-order chi connectivity index (χ0) is 15.7. The van der Waals surface area contributed by atoms with Gasteiger partial charge in [0.2, 0.25) is 0 Å². The topological polar surface area (TPSA) is 93.5 Å². The maximum atomic E-state index is 12.4. The largest absolute Gasteiger partial charge is 0.465 e. The van der Waals surface area contributed by atoms with Gasteiger partial charge in [0.1, 0.15) is 11.5 Å². The lowest BCUT2D eigenvalue weighted by atomic mass is 10.0. The molecule has 1 aliphatic heterocycles. The number of aromatic nitrogens is 1. The van der Waals surface area contributed by atoms with Crippen molar-refractivity contribution in [2.75, 3.05) is 5.32 Å². The summed E-state index contributed by atoms with van der Waals surface area (Å²) in [5, 5.41) is 5.22. The van der Waals surface area contributed by atoms with Crippen molar-refractivity contribution in [3.05, 3.63) is 42.0 Å². The van der Waals surface area contributed by atoms with E-state index in [9.17, 15) is 9.59 Å². The smallest absolute Gasteiger partial charge is 0.279 e. The van der Waals surface area contributed by atoms with Crippen LogP contribution in [-0.4, -0.2) is 22.4 Å². The summed E-state index contributed by atoms with van der Waals surface area (Å²) in [6, 6.07) is 6.87. The maximum Gasteiger partial charge on any atom is 0.279 e. The van der Waals surface area contributed by atoms with Crippen molar-refractivity contribution in [2.45, 2.75) is 26.0 Å². The van der Waals surface area contributed by atoms with Crippen LogP contribution in [0.4, 0.5) is 5.82 Å². The molecule has 1 aliphatic rings. The molecule has 2 aromatic rings. The predicted molar refractivity (Wildman–Crippen MR) is 77.2 cm³/mol. The molecule has 2 N–H and O–H groups in total. The van der Waals surface area contributed by atoms with Crippen LogP contribution in [0.2, 0.25) is 0 Å². The van der Waals surface area contributed by atoms with Crippen molar-refractivity contribution in [1.82, 2.24) is 10.3 Å². The minimum atomic E-state index is -1.66. The molecule has 0 saturated carbocycles. The van der Waals surface area contributed by atoms with Gasteiger partial charge in [-0.15, -0.1) is 0 Å². The monoisotopic (exact) mass is 301 g/mol. The summed E-state index contributed by atoms with van der Waals surface area (Å²) in [5.74, 6) is 0.906. The molecule has 3 heterocycles. The lowest BCUT2D eigenvalue weighted by molar-refractivity contribution is -0.146. The third-order valence-electron chi connectivity index (χ3n) is 3.40. The van der Waals surface area contributed by atoms with Gasteiger partial charge in [0.15, 0.2) is 11.6 Å². The first-order valence-electron chi connectivity index (χ1n) is 6.78. The van der Waals surface area contributed by atoms with Gasteiger partial charge < -0.3 is 19.8 Å². The molecule has 0 aliphatic carbocycles. The normalized spacial score (nSPS) is 19.8. The molecule has 0 unspecified atom stereocenters. The number of fused-ring (bicyclic) bond motifs is 1. The summed E-state index contributed by atoms with van der Waals surface area (Å²) in [6.07, 6.45) is 1.53. The van der Waals surface area contributed by atoms with Gasteiger partial charge in [-0.2, -0.15) is 0 Å². The van der Waals surface area contributed by atoms with Gasteiger partial charge in [0.05, 0.1) is 6.54 Å². The number of hydrogen-bond acceptors (Lipinski definition) is 5. The number of carbonyl (C=O) groups is 2. The van der Waals surface area contributed by atoms with Gasteiger partial charge in [0.25, 0.3) is 17.4 Å². The summed E-state index contributed by atoms with van der Waals surface area (Å²) >= 11 is 0. The number of nitrogens with zero attached hydrogens (tertiary/aromatic N) is 1. The molecule has 2 amide bonds. The highest BCUT2D eigenvalue weighted by atomic mass is 16.5. The molecule has 0 spiro atoms. The van der Waals surface area contributed by atoms with Crippen LogP contribution in [-0.2, 0) is 16.1 Å². The molecule has 114 valence electrons. The SMILES string of the molecule is Cc1ccc(CNC(=O)[C@@]2(C)Oc3cccnc3NC2=O)o1. The van der Waals surface area contributed by atoms with Crippen molar-refractivity contribution >= 4 is 17.6 Å². The first kappa shape index (κ1) is 14.1. The number of ether oxygens (including phenoxy) is 1. The number of aryl methyl sites for hydroxylation is 1. The molecule has 22 heavy (non-hydrogen) atoms. The first-order valence-corrected chi connectivity index (χ1v) is 6.78. The van der Waals surface area contributed by atoms with Crippen LogP contribution in [0.25, 0.3) is 0 Å². The Morgan fingerprint density at radius 3 is 2.95 bits per heavy atom. The second-order valence-electron chi connectivity index (χ2n) is 5.13. The Bertz CT molecular complexity index is 740. The molecule has 0 bridgehead atoms. The van der Waals surface area contributed by atoms with E-state index in [1.165, 1.54) is 13.1 Å². The lowest BCUT2D eigenvalue weighted by Gasteiger charge is -2.32. The fraction of sp³-hybridized carbons (Fsp3) is 0.267. The highest BCUT2D eigenvalue weighted by Crippen LogP contribution is 2.31. The van der Waals surface area contributed by atoms with Crippen molar-refractivity contribution in [3.8, 4) is 5.75 Å². The Hall–Kier alpha value is -2.83. The fourth-order valence-electron chi connectivity index (χ4n) is 2.13. The molecule has 3 rings (SSSR count). The predicted octanol–water partition coefficient (Wildman–Crippen LogP) is 1.39. The maximum absolute atomic E-state index is 12.4. The van der Waals surface area contributed by atoms with Gasteiger partial charge >= 0.3 is 0 Å². The molecule has 2 aromatic heterocycles. The first-order chi connectivity index (χ1) is 10.5. The highest BCUT2D eigenvalue weighted by Gasteiger charge is 2.47. The second-order valence-corrected chi connectivity index (χ2v) is 5.13. The van der Waals surface area contributed by atoms with Crippen LogP contribution in [0.5, 0.6) is 5.75 Å². The van der Waals surface area contributed by atoms with Crippen LogP contribution in [0.3, 0.4) is 0 Å². The van der Waals surface area contributed by atoms with Crippen LogP contribution < -0.4 is 15.4 Å². The average Bonchev–Trinajstić information content (AvgIpc) is 2.91. The minimum Gasteiger partial charge on any atom is -0.465 e. The summed E-state index contributed by atoms with van der Waals surface area (Å²) in [5.41, 5.74) is -1.66. The van der Waals surface area contributed by atoms with Gasteiger partial charge in [-0.3, -0.25) is 9.59 Å². The number of amides is 2. The van der Waals surface area contributed by atoms with E-state index in [1.54, 1.807) is 24.3 Å². The van der Waals surface area contributed by atoms with Crippen molar-refractivity contribution in [1.29, 1.82) is 0 Å². The lowest BCUT2D eigenvalue weighted by Crippen LogP contribution is -2.58. The van der Waals surface area contributed by atoms with Crippen LogP contribution in [0, 0.1) is 6.92 Å². The fourth-order valence-corrected chi connectivity index (χ4v) is 2.13. The van der Waals surface area contributed by atoms with E-state index in [1.807, 2.05) is 6.92 Å². The van der Waals surface area contributed by atoms with Gasteiger partial charge in [-0.1, -0.05) is 0 Å². The Morgan fingerprint density at radius 2 is 2.23 bits per heavy atom. The third kappa shape index (κ3) is 2.41. The molecule has 0 aromatic carbocycles. The van der Waals surface area contributed by atoms with E-state index < -0.39 is 17.4 Å². The number of hydrogen-bond donors (Lipinski definition) is 2. The van der Waals surface area contributed by atoms with Crippen LogP contribution >= 0.6 is 0 Å². The molecule has 0 saturated heterocycles. The summed E-state index contributed by atoms with van der Waals surface area (Å²) in [7, 11) is 0. The number of anilines is 1. The molecular weight excluding hydrogens is 286 g/mol. The van der Waals surface area contributed by atoms with Gasteiger partial charge in [-0.05, 0) is 38.1 Å². The van der Waals surface area contributed by atoms with E-state index in [4.69, 9.17) is 9.15 Å². The van der Waals surface area contributed by atoms with Gasteiger partial charge in [-0.25, -0.2) is 4.98 Å². The quantitative estimate of drug-likeness (QED) is 0.836. The standard InChI is InChI=1S/C15H15N3O4/c1-9-5-6-10(21-9)8-17-13(19)15(2)14(20)18-12-11(22-15)4-3-7-16-12/h3-7H,8H2,1-2H3,(H,17,19)(H,16,18,20)/t15-/m1/s1. The van der Waals surface area contributed by atoms with E-state index in [-0.39, 0.29) is 6.54 Å². The molecule has 7 heteroatoms. The average molecular weight is 301 g/mol. The second kappa shape index (κ2) is 5.18. The molecular formula is C15H15N3O4. The summed E-state index contributed by atoms with van der Waals surface area (Å²) < 4.78 is 10.9. The number of furan rings is 1. The Balaban J connectivity index is 1.75. The van der Waals surface area contributed by atoms with E-state index in [2.05, 4.69) is 15.6 Å². The molecule has 7 nitrogen and oxygen atoms in total. The number of nitrogens with one attached hydrogen (secondary N) is 2. The number of pyridine rings is 1.